The van der Waals surface area contributed by atoms with E-state index in [9.17, 15) is 9.35 Å². The number of aryl methyl sites for hydroxylation is 1. The molecule has 1 fully saturated rings. The van der Waals surface area contributed by atoms with E-state index in [-0.39, 0.29) is 23.0 Å². The Bertz CT molecular complexity index is 1150. The molecule has 8 nitrogen and oxygen atoms in total. The van der Waals surface area contributed by atoms with Gasteiger partial charge in [-0.25, -0.2) is 14.4 Å². The molecule has 3 atom stereocenters. The van der Waals surface area contributed by atoms with Gasteiger partial charge >= 0.3 is 0 Å². The van der Waals surface area contributed by atoms with Crippen LogP contribution in [0.4, 0.5) is 10.2 Å². The summed E-state index contributed by atoms with van der Waals surface area (Å²) in [6.07, 6.45) is 1.97. The second-order valence-corrected chi connectivity index (χ2v) is 12.3. The van der Waals surface area contributed by atoms with Gasteiger partial charge in [0.05, 0.1) is 15.0 Å². The van der Waals surface area contributed by atoms with Gasteiger partial charge in [-0.1, -0.05) is 22.1 Å². The van der Waals surface area contributed by atoms with Crippen LogP contribution in [-0.2, 0) is 5.54 Å². The number of nitrogens with zero attached hydrogens (tertiary/aromatic N) is 3. The zero-order valence-electron chi connectivity index (χ0n) is 18.2. The molecule has 2 aliphatic rings. The standard InChI is InChI=1S/C21H26ClFN6O2S/c1-11-9-12(22)10-25-16(11)18(30)28-15-6-5-13(23)17(27-15)21(4)14-7-8-26-32(14,31)20(2,3)19(24)29-21/h5-6,9-10,14,26,31H,7-8H2,1-4H3,(H2,24,29)(H,27,28,30)/t14-,21+/m1/s1. The zero-order chi connectivity index (χ0) is 23.5. The van der Waals surface area contributed by atoms with Gasteiger partial charge in [0.1, 0.15) is 34.4 Å². The number of hydrogen-bond acceptors (Lipinski definition) is 7. The minimum Gasteiger partial charge on any atom is -0.386 e. The molecule has 4 rings (SSSR count). The number of carbonyl (C=O) groups is 1. The van der Waals surface area contributed by atoms with Crippen molar-refractivity contribution in [2.45, 2.75) is 49.7 Å². The Kier molecular flexibility index (Phi) is 5.48. The molecule has 0 spiro atoms. The van der Waals surface area contributed by atoms with E-state index >= 15 is 4.39 Å². The van der Waals surface area contributed by atoms with Gasteiger partial charge in [0.25, 0.3) is 5.91 Å². The zero-order valence-corrected chi connectivity index (χ0v) is 19.8. The van der Waals surface area contributed by atoms with E-state index in [1.54, 1.807) is 19.9 Å². The molecule has 0 aromatic carbocycles. The third-order valence-electron chi connectivity index (χ3n) is 6.34. The van der Waals surface area contributed by atoms with Crippen LogP contribution in [0.3, 0.4) is 0 Å². The minimum atomic E-state index is -2.46. The van der Waals surface area contributed by atoms with Crippen molar-refractivity contribution in [3.05, 3.63) is 52.2 Å². The highest BCUT2D eigenvalue weighted by Gasteiger charge is 2.61. The van der Waals surface area contributed by atoms with Crippen LogP contribution in [0.25, 0.3) is 0 Å². The highest BCUT2D eigenvalue weighted by molar-refractivity contribution is 8.29. The van der Waals surface area contributed by atoms with Crippen LogP contribution < -0.4 is 15.8 Å². The first-order valence-electron chi connectivity index (χ1n) is 10.2. The normalized spacial score (nSPS) is 30.7. The molecule has 0 radical (unpaired) electrons. The van der Waals surface area contributed by atoms with E-state index in [2.05, 4.69) is 25.0 Å². The number of fused-ring (bicyclic) bond motifs is 1. The third-order valence-corrected chi connectivity index (χ3v) is 10.5. The average Bonchev–Trinajstić information content (AvgIpc) is 3.13. The summed E-state index contributed by atoms with van der Waals surface area (Å²) in [5.41, 5.74) is 5.88. The Morgan fingerprint density at radius 3 is 2.81 bits per heavy atom. The van der Waals surface area contributed by atoms with Crippen LogP contribution in [0, 0.1) is 12.7 Å². The van der Waals surface area contributed by atoms with E-state index in [1.165, 1.54) is 18.3 Å². The highest BCUT2D eigenvalue weighted by atomic mass is 35.5. The fourth-order valence-electron chi connectivity index (χ4n) is 4.41. The molecule has 0 aliphatic carbocycles. The van der Waals surface area contributed by atoms with Crippen molar-refractivity contribution in [3.8, 4) is 0 Å². The van der Waals surface area contributed by atoms with Crippen LogP contribution in [0.1, 0.15) is 48.9 Å². The van der Waals surface area contributed by atoms with Crippen LogP contribution >= 0.6 is 22.1 Å². The van der Waals surface area contributed by atoms with Gasteiger partial charge in [-0.3, -0.25) is 14.5 Å². The maximum Gasteiger partial charge on any atom is 0.275 e. The lowest BCUT2D eigenvalue weighted by Crippen LogP contribution is -2.57. The van der Waals surface area contributed by atoms with Crippen molar-refractivity contribution in [3.63, 3.8) is 0 Å². The van der Waals surface area contributed by atoms with Gasteiger partial charge < -0.3 is 15.6 Å². The molecule has 0 saturated carbocycles. The molecule has 32 heavy (non-hydrogen) atoms. The highest BCUT2D eigenvalue weighted by Crippen LogP contribution is 2.67. The monoisotopic (exact) mass is 480 g/mol. The molecule has 2 aromatic rings. The molecule has 1 saturated heterocycles. The van der Waals surface area contributed by atoms with Gasteiger partial charge in [-0.15, -0.1) is 0 Å². The van der Waals surface area contributed by atoms with Crippen molar-refractivity contribution < 1.29 is 13.7 Å². The number of aliphatic imine (C=N–C) groups is 1. The van der Waals surface area contributed by atoms with E-state index in [1.807, 2.05) is 13.8 Å². The number of nitrogens with two attached hydrogens (primary N) is 1. The maximum absolute atomic E-state index is 15.1. The SMILES string of the molecule is Cc1cc(Cl)cnc1C(=O)Nc1ccc(F)c([C@@]2(C)N=C(N)C(C)(C)S3(O)NCC[C@H]23)n1. The number of halogens is 2. The number of rotatable bonds is 3. The summed E-state index contributed by atoms with van der Waals surface area (Å²) in [7, 11) is -2.46. The van der Waals surface area contributed by atoms with Crippen LogP contribution in [0.15, 0.2) is 29.4 Å². The molecule has 2 aromatic heterocycles. The summed E-state index contributed by atoms with van der Waals surface area (Å²) in [5.74, 6) is -0.699. The minimum absolute atomic E-state index is 0.0224. The fourth-order valence-corrected chi connectivity index (χ4v) is 7.97. The average molecular weight is 481 g/mol. The van der Waals surface area contributed by atoms with Crippen molar-refractivity contribution in [2.75, 3.05) is 11.9 Å². The molecular formula is C21H26ClFN6O2S. The predicted octanol–water partition coefficient (Wildman–Crippen LogP) is 3.75. The van der Waals surface area contributed by atoms with Crippen LogP contribution in [0.5, 0.6) is 0 Å². The summed E-state index contributed by atoms with van der Waals surface area (Å²) in [4.78, 5) is 25.9. The second kappa shape index (κ2) is 7.65. The van der Waals surface area contributed by atoms with Gasteiger partial charge in [-0.2, -0.15) is 0 Å². The number of pyridine rings is 2. The van der Waals surface area contributed by atoms with Crippen molar-refractivity contribution >= 4 is 39.7 Å². The molecule has 4 heterocycles. The summed E-state index contributed by atoms with van der Waals surface area (Å²) in [6, 6.07) is 4.23. The number of hydrogen-bond donors (Lipinski definition) is 4. The van der Waals surface area contributed by atoms with Crippen molar-refractivity contribution in [2.24, 2.45) is 10.7 Å². The number of aromatic nitrogens is 2. The Hall–Kier alpha value is -2.27. The van der Waals surface area contributed by atoms with Gasteiger partial charge in [0, 0.05) is 12.7 Å². The summed E-state index contributed by atoms with van der Waals surface area (Å²) < 4.78 is 29.1. The molecule has 5 N–H and O–H groups in total. The van der Waals surface area contributed by atoms with Crippen LogP contribution in [0.2, 0.25) is 5.02 Å². The maximum atomic E-state index is 15.1. The second-order valence-electron chi connectivity index (χ2n) is 8.75. The number of anilines is 1. The molecule has 172 valence electrons. The molecular weight excluding hydrogens is 455 g/mol. The van der Waals surface area contributed by atoms with E-state index in [4.69, 9.17) is 17.3 Å². The van der Waals surface area contributed by atoms with Crippen molar-refractivity contribution in [1.82, 2.24) is 14.7 Å². The molecule has 1 amide bonds. The van der Waals surface area contributed by atoms with E-state index in [0.717, 1.165) is 0 Å². The first-order chi connectivity index (χ1) is 14.9. The summed E-state index contributed by atoms with van der Waals surface area (Å²) in [5, 5.41) is 2.69. The molecule has 2 aliphatic heterocycles. The quantitative estimate of drug-likeness (QED) is 0.530. The lowest BCUT2D eigenvalue weighted by molar-refractivity contribution is 0.102. The van der Waals surface area contributed by atoms with Gasteiger partial charge in [-0.05, 0) is 57.9 Å². The Balaban J connectivity index is 1.74. The topological polar surface area (TPSA) is 126 Å². The lowest BCUT2D eigenvalue weighted by atomic mass is 9.90. The van der Waals surface area contributed by atoms with Crippen molar-refractivity contribution in [1.29, 1.82) is 0 Å². The molecule has 11 heteroatoms. The van der Waals surface area contributed by atoms with Crippen LogP contribution in [-0.4, -0.2) is 42.8 Å². The molecule has 0 bridgehead atoms. The number of carbonyl (C=O) groups excluding carboxylic acids is 1. The fraction of sp³-hybridized carbons (Fsp3) is 0.429. The van der Waals surface area contributed by atoms with Gasteiger partial charge in [0.15, 0.2) is 0 Å². The number of amidine groups is 1. The molecule has 1 unspecified atom stereocenters. The Morgan fingerprint density at radius 1 is 1.41 bits per heavy atom. The number of nitrogens with one attached hydrogen (secondary N) is 2. The predicted molar refractivity (Wildman–Crippen MR) is 126 cm³/mol. The Morgan fingerprint density at radius 2 is 2.12 bits per heavy atom. The number of amides is 1. The summed E-state index contributed by atoms with van der Waals surface area (Å²) in [6.45, 7) is 7.70. The largest absolute Gasteiger partial charge is 0.386 e. The smallest absolute Gasteiger partial charge is 0.275 e. The van der Waals surface area contributed by atoms with E-state index < -0.39 is 37.8 Å². The lowest BCUT2D eigenvalue weighted by Gasteiger charge is -2.55. The summed E-state index contributed by atoms with van der Waals surface area (Å²) >= 11 is 5.91. The first kappa shape index (κ1) is 22.9. The Labute approximate surface area is 192 Å². The first-order valence-corrected chi connectivity index (χ1v) is 12.2. The van der Waals surface area contributed by atoms with Gasteiger partial charge in [0.2, 0.25) is 0 Å². The van der Waals surface area contributed by atoms with E-state index in [0.29, 0.717) is 23.6 Å². The third kappa shape index (κ3) is 3.37.